The molecule has 0 unspecified atom stereocenters. The van der Waals surface area contributed by atoms with E-state index in [1.54, 1.807) is 11.8 Å². The van der Waals surface area contributed by atoms with Crippen LogP contribution in [0.2, 0.25) is 5.02 Å². The molecule has 4 nitrogen and oxygen atoms in total. The first kappa shape index (κ1) is 18.8. The van der Waals surface area contributed by atoms with Crippen molar-refractivity contribution in [2.24, 2.45) is 4.99 Å². The van der Waals surface area contributed by atoms with E-state index in [2.05, 4.69) is 10.3 Å². The van der Waals surface area contributed by atoms with Crippen LogP contribution in [0.25, 0.3) is 5.70 Å². The zero-order valence-corrected chi connectivity index (χ0v) is 17.1. The molecule has 0 N–H and O–H groups in total. The van der Waals surface area contributed by atoms with Crippen molar-refractivity contribution in [2.75, 3.05) is 6.61 Å². The largest absolute Gasteiger partial charge is 0.463 e. The number of thioether (sulfide) groups is 1. The number of aliphatic imine (C=N–C) groups is 1. The Bertz CT molecular complexity index is 997. The van der Waals surface area contributed by atoms with Crippen LogP contribution >= 0.6 is 23.4 Å². The van der Waals surface area contributed by atoms with Gasteiger partial charge in [-0.2, -0.15) is 0 Å². The number of carbonyl (C=O) groups is 1. The molecule has 0 radical (unpaired) electrons. The van der Waals surface area contributed by atoms with Gasteiger partial charge < -0.3 is 9.64 Å². The number of hydrogen-bond acceptors (Lipinski definition) is 5. The van der Waals surface area contributed by atoms with E-state index < -0.39 is 0 Å². The number of fused-ring (bicyclic) bond motifs is 1. The molecule has 142 valence electrons. The molecular weight excluding hydrogens is 392 g/mol. The number of rotatable bonds is 4. The van der Waals surface area contributed by atoms with Crippen LogP contribution < -0.4 is 0 Å². The van der Waals surface area contributed by atoms with Crippen molar-refractivity contribution >= 4 is 40.2 Å². The Balaban J connectivity index is 1.84. The average molecular weight is 411 g/mol. The van der Waals surface area contributed by atoms with Crippen LogP contribution in [-0.2, 0) is 9.53 Å². The molecule has 2 aliphatic rings. The number of allylic oxidation sites excluding steroid dienone is 1. The Kier molecular flexibility index (Phi) is 5.29. The Hall–Kier alpha value is -2.50. The van der Waals surface area contributed by atoms with Crippen molar-refractivity contribution in [3.63, 3.8) is 0 Å². The molecule has 0 bridgehead atoms. The average Bonchev–Trinajstić information content (AvgIpc) is 3.11. The topological polar surface area (TPSA) is 41.9 Å². The van der Waals surface area contributed by atoms with E-state index in [0.29, 0.717) is 22.9 Å². The highest BCUT2D eigenvalue weighted by Crippen LogP contribution is 2.46. The van der Waals surface area contributed by atoms with Crippen LogP contribution in [0.1, 0.15) is 31.0 Å². The van der Waals surface area contributed by atoms with Gasteiger partial charge in [0.05, 0.1) is 29.6 Å². The molecule has 2 aromatic rings. The lowest BCUT2D eigenvalue weighted by atomic mass is 9.93. The predicted molar refractivity (Wildman–Crippen MR) is 115 cm³/mol. The predicted octanol–water partition coefficient (Wildman–Crippen LogP) is 5.64. The third-order valence-corrected chi connectivity index (χ3v) is 5.77. The van der Waals surface area contributed by atoms with E-state index in [0.717, 1.165) is 22.0 Å². The molecule has 0 saturated heterocycles. The number of amidine groups is 1. The second-order valence-electron chi connectivity index (χ2n) is 6.42. The van der Waals surface area contributed by atoms with E-state index >= 15 is 0 Å². The van der Waals surface area contributed by atoms with Crippen molar-refractivity contribution < 1.29 is 9.53 Å². The molecule has 0 fully saturated rings. The van der Waals surface area contributed by atoms with E-state index in [-0.39, 0.29) is 12.0 Å². The summed E-state index contributed by atoms with van der Waals surface area (Å²) in [6, 6.07) is 17.4. The molecular formula is C22H19ClN2O2S. The summed E-state index contributed by atoms with van der Waals surface area (Å²) in [6.45, 7) is 4.00. The highest BCUT2D eigenvalue weighted by Gasteiger charge is 2.40. The molecule has 2 aromatic carbocycles. The smallest absolute Gasteiger partial charge is 0.338 e. The first-order valence-corrected chi connectivity index (χ1v) is 10.3. The van der Waals surface area contributed by atoms with Gasteiger partial charge in [-0.15, -0.1) is 0 Å². The molecule has 0 amide bonds. The zero-order chi connectivity index (χ0) is 19.7. The molecule has 2 heterocycles. The number of ether oxygens (including phenoxy) is 1. The second kappa shape index (κ2) is 7.86. The summed E-state index contributed by atoms with van der Waals surface area (Å²) in [5.74, 6) is -0.330. The Morgan fingerprint density at radius 1 is 1.18 bits per heavy atom. The number of nitrogens with zero attached hydrogens (tertiary/aromatic N) is 2. The summed E-state index contributed by atoms with van der Waals surface area (Å²) in [5, 5.41) is 3.61. The van der Waals surface area contributed by atoms with E-state index in [9.17, 15) is 4.79 Å². The minimum atomic E-state index is -0.330. The summed E-state index contributed by atoms with van der Waals surface area (Å²) in [4.78, 5) is 19.7. The monoisotopic (exact) mass is 410 g/mol. The first-order valence-electron chi connectivity index (χ1n) is 9.03. The fourth-order valence-electron chi connectivity index (χ4n) is 3.43. The van der Waals surface area contributed by atoms with Gasteiger partial charge in [0, 0.05) is 10.4 Å². The van der Waals surface area contributed by atoms with Crippen LogP contribution in [0.3, 0.4) is 0 Å². The maximum atomic E-state index is 12.8. The standard InChI is InChI=1S/C22H19ClN2O2S/c1-3-27-21(26)19-14(2)24-22-25(20(19)16-7-5-4-6-8-16)18(13-28-22)15-9-11-17(23)12-10-15/h4-13,20H,3H2,1-2H3/t20-/m0/s1. The summed E-state index contributed by atoms with van der Waals surface area (Å²) in [7, 11) is 0. The minimum Gasteiger partial charge on any atom is -0.463 e. The van der Waals surface area contributed by atoms with E-state index in [4.69, 9.17) is 21.3 Å². The van der Waals surface area contributed by atoms with E-state index in [1.165, 1.54) is 0 Å². The molecule has 4 rings (SSSR count). The lowest BCUT2D eigenvalue weighted by Gasteiger charge is -2.36. The zero-order valence-electron chi connectivity index (χ0n) is 15.6. The summed E-state index contributed by atoms with van der Waals surface area (Å²) >= 11 is 7.63. The second-order valence-corrected chi connectivity index (χ2v) is 7.70. The number of halogens is 1. The van der Waals surface area contributed by atoms with Crippen LogP contribution in [0.5, 0.6) is 0 Å². The maximum Gasteiger partial charge on any atom is 0.338 e. The third-order valence-electron chi connectivity index (χ3n) is 4.68. The molecule has 0 saturated carbocycles. The minimum absolute atomic E-state index is 0.301. The molecule has 6 heteroatoms. The molecule has 1 atom stereocenters. The quantitative estimate of drug-likeness (QED) is 0.612. The van der Waals surface area contributed by atoms with Gasteiger partial charge in [0.2, 0.25) is 0 Å². The lowest BCUT2D eigenvalue weighted by molar-refractivity contribution is -0.139. The van der Waals surface area contributed by atoms with Crippen molar-refractivity contribution in [3.05, 3.63) is 87.4 Å². The molecule has 2 aliphatic heterocycles. The number of carbonyl (C=O) groups excluding carboxylic acids is 1. The first-order chi connectivity index (χ1) is 13.6. The van der Waals surface area contributed by atoms with Gasteiger partial charge in [0.1, 0.15) is 0 Å². The van der Waals surface area contributed by atoms with Crippen LogP contribution in [-0.4, -0.2) is 22.6 Å². The van der Waals surface area contributed by atoms with Crippen molar-refractivity contribution in [1.82, 2.24) is 4.90 Å². The fraction of sp³-hybridized carbons (Fsp3) is 0.182. The maximum absolute atomic E-state index is 12.8. The normalized spacial score (nSPS) is 18.5. The number of benzene rings is 2. The molecule has 0 spiro atoms. The van der Waals surface area contributed by atoms with Gasteiger partial charge in [-0.3, -0.25) is 0 Å². The number of esters is 1. The van der Waals surface area contributed by atoms with E-state index in [1.807, 2.05) is 68.4 Å². The Morgan fingerprint density at radius 2 is 1.89 bits per heavy atom. The summed E-state index contributed by atoms with van der Waals surface area (Å²) in [5.41, 5.74) is 4.28. The van der Waals surface area contributed by atoms with Gasteiger partial charge in [0.25, 0.3) is 0 Å². The van der Waals surface area contributed by atoms with Gasteiger partial charge in [0.15, 0.2) is 5.17 Å². The highest BCUT2D eigenvalue weighted by molar-refractivity contribution is 8.16. The molecule has 0 aliphatic carbocycles. The molecule has 28 heavy (non-hydrogen) atoms. The molecule has 0 aromatic heterocycles. The van der Waals surface area contributed by atoms with Crippen LogP contribution in [0, 0.1) is 0 Å². The van der Waals surface area contributed by atoms with Gasteiger partial charge >= 0.3 is 5.97 Å². The SMILES string of the molecule is CCOC(=O)C1=C(C)N=C2SC=C(c3ccc(Cl)cc3)N2[C@H]1c1ccccc1. The Labute approximate surface area is 173 Å². The Morgan fingerprint density at radius 3 is 2.57 bits per heavy atom. The van der Waals surface area contributed by atoms with Gasteiger partial charge in [-0.05, 0) is 37.1 Å². The van der Waals surface area contributed by atoms with Gasteiger partial charge in [-0.1, -0.05) is 65.8 Å². The third kappa shape index (κ3) is 3.36. The lowest BCUT2D eigenvalue weighted by Crippen LogP contribution is -2.36. The summed E-state index contributed by atoms with van der Waals surface area (Å²) in [6.07, 6.45) is 0. The number of hydrogen-bond donors (Lipinski definition) is 0. The highest BCUT2D eigenvalue weighted by atomic mass is 35.5. The van der Waals surface area contributed by atoms with Crippen LogP contribution in [0.4, 0.5) is 0 Å². The van der Waals surface area contributed by atoms with Crippen LogP contribution in [0.15, 0.2) is 76.3 Å². The van der Waals surface area contributed by atoms with Crippen molar-refractivity contribution in [1.29, 1.82) is 0 Å². The fourth-order valence-corrected chi connectivity index (χ4v) is 4.53. The van der Waals surface area contributed by atoms with Crippen molar-refractivity contribution in [3.8, 4) is 0 Å². The van der Waals surface area contributed by atoms with Gasteiger partial charge in [-0.25, -0.2) is 9.79 Å². The summed E-state index contributed by atoms with van der Waals surface area (Å²) < 4.78 is 5.37. The van der Waals surface area contributed by atoms with Crippen molar-refractivity contribution in [2.45, 2.75) is 19.9 Å².